The third-order valence-electron chi connectivity index (χ3n) is 2.32. The second-order valence-corrected chi connectivity index (χ2v) is 4.63. The second kappa shape index (κ2) is 4.17. The Bertz CT molecular complexity index is 470. The fraction of sp³-hybridized carbons (Fsp3) is 0.273. The predicted molar refractivity (Wildman–Crippen MR) is 63.3 cm³/mol. The van der Waals surface area contributed by atoms with Gasteiger partial charge < -0.3 is 10.2 Å². The zero-order valence-corrected chi connectivity index (χ0v) is 9.49. The number of phenols is 1. The predicted octanol–water partition coefficient (Wildman–Crippen LogP) is 1.65. The molecule has 0 fully saturated rings. The first-order chi connectivity index (χ1) is 7.58. The molecule has 2 N–H and O–H groups in total. The Hall–Kier alpha value is -1.49. The molecule has 1 aliphatic rings. The van der Waals surface area contributed by atoms with E-state index in [1.807, 2.05) is 13.0 Å². The normalized spacial score (nSPS) is 19.6. The molecule has 0 spiro atoms. The van der Waals surface area contributed by atoms with Crippen LogP contribution in [0.2, 0.25) is 0 Å². The Kier molecular flexibility index (Phi) is 2.87. The van der Waals surface area contributed by atoms with Gasteiger partial charge in [0.2, 0.25) is 0 Å². The van der Waals surface area contributed by atoms with E-state index in [4.69, 9.17) is 5.11 Å². The van der Waals surface area contributed by atoms with E-state index in [9.17, 15) is 9.90 Å². The summed E-state index contributed by atoms with van der Waals surface area (Å²) in [6, 6.07) is 4.58. The number of aliphatic carboxylic acids is 1. The lowest BCUT2D eigenvalue weighted by atomic mass is 10.1. The molecule has 0 aliphatic carbocycles. The first kappa shape index (κ1) is 11.0. The van der Waals surface area contributed by atoms with Crippen LogP contribution in [-0.2, 0) is 4.79 Å². The average Bonchev–Trinajstić information content (AvgIpc) is 2.66. The molecule has 0 saturated heterocycles. The highest BCUT2D eigenvalue weighted by molar-refractivity contribution is 8.14. The molecule has 1 aromatic carbocycles. The molecule has 1 aromatic rings. The quantitative estimate of drug-likeness (QED) is 0.820. The Balaban J connectivity index is 2.32. The summed E-state index contributed by atoms with van der Waals surface area (Å²) in [5, 5.41) is 19.1. The number of nitrogens with zero attached hydrogens (tertiary/aromatic N) is 1. The van der Waals surface area contributed by atoms with Gasteiger partial charge >= 0.3 is 5.97 Å². The molecule has 0 radical (unpaired) electrons. The lowest BCUT2D eigenvalue weighted by Crippen LogP contribution is -2.17. The van der Waals surface area contributed by atoms with E-state index in [1.165, 1.54) is 11.8 Å². The molecule has 0 bridgehead atoms. The summed E-state index contributed by atoms with van der Waals surface area (Å²) in [6.07, 6.45) is 0. The molecular weight excluding hydrogens is 226 g/mol. The van der Waals surface area contributed by atoms with E-state index in [-0.39, 0.29) is 5.75 Å². The smallest absolute Gasteiger partial charge is 0.329 e. The zero-order valence-electron chi connectivity index (χ0n) is 8.67. The number of aromatic hydroxyl groups is 1. The van der Waals surface area contributed by atoms with Crippen molar-refractivity contribution in [2.75, 3.05) is 5.75 Å². The lowest BCUT2D eigenvalue weighted by molar-refractivity contribution is -0.137. The molecule has 4 nitrogen and oxygen atoms in total. The van der Waals surface area contributed by atoms with Gasteiger partial charge in [-0.2, -0.15) is 0 Å². The van der Waals surface area contributed by atoms with Crippen LogP contribution in [0.4, 0.5) is 0 Å². The third-order valence-corrected chi connectivity index (χ3v) is 3.40. The van der Waals surface area contributed by atoms with Crippen molar-refractivity contribution >= 4 is 22.8 Å². The Morgan fingerprint density at radius 3 is 2.88 bits per heavy atom. The van der Waals surface area contributed by atoms with Gasteiger partial charge in [0.15, 0.2) is 6.04 Å². The van der Waals surface area contributed by atoms with E-state index in [0.717, 1.165) is 5.56 Å². The van der Waals surface area contributed by atoms with Crippen molar-refractivity contribution in [1.29, 1.82) is 0 Å². The molecule has 0 amide bonds. The molecule has 1 atom stereocenters. The highest BCUT2D eigenvalue weighted by Crippen LogP contribution is 2.29. The number of phenolic OH excluding ortho intramolecular Hbond substituents is 1. The van der Waals surface area contributed by atoms with Gasteiger partial charge in [0.05, 0.1) is 0 Å². The highest BCUT2D eigenvalue weighted by Gasteiger charge is 2.26. The summed E-state index contributed by atoms with van der Waals surface area (Å²) >= 11 is 1.36. The highest BCUT2D eigenvalue weighted by atomic mass is 32.2. The van der Waals surface area contributed by atoms with E-state index in [2.05, 4.69) is 4.99 Å². The van der Waals surface area contributed by atoms with Crippen molar-refractivity contribution in [3.05, 3.63) is 29.3 Å². The van der Waals surface area contributed by atoms with Crippen molar-refractivity contribution < 1.29 is 15.0 Å². The molecule has 5 heteroatoms. The van der Waals surface area contributed by atoms with Crippen LogP contribution in [0, 0.1) is 6.92 Å². The van der Waals surface area contributed by atoms with Crippen LogP contribution in [0.3, 0.4) is 0 Å². The number of aliphatic imine (C=N–C) groups is 1. The molecule has 0 saturated carbocycles. The average molecular weight is 237 g/mol. The van der Waals surface area contributed by atoms with E-state index >= 15 is 0 Å². The summed E-state index contributed by atoms with van der Waals surface area (Å²) < 4.78 is 0. The van der Waals surface area contributed by atoms with Crippen molar-refractivity contribution in [3.8, 4) is 5.75 Å². The van der Waals surface area contributed by atoms with Gasteiger partial charge in [-0.3, -0.25) is 4.99 Å². The van der Waals surface area contributed by atoms with E-state index in [0.29, 0.717) is 16.4 Å². The summed E-state index contributed by atoms with van der Waals surface area (Å²) in [6.45, 7) is 1.88. The number of rotatable bonds is 2. The standard InChI is InChI=1S/C11H11NO3S/c1-6-2-3-7(9(13)4-6)10-12-8(5-16-10)11(14)15/h2-4,8,13H,5H2,1H3,(H,14,15)/t8-/m0/s1. The number of carboxylic acid groups (broad SMARTS) is 1. The summed E-state index contributed by atoms with van der Waals surface area (Å²) in [5.41, 5.74) is 1.57. The number of carbonyl (C=O) groups is 1. The van der Waals surface area contributed by atoms with Gasteiger partial charge in [-0.1, -0.05) is 6.07 Å². The number of benzene rings is 1. The molecule has 1 heterocycles. The van der Waals surface area contributed by atoms with Gasteiger partial charge in [0.1, 0.15) is 10.8 Å². The molecule has 84 valence electrons. The Morgan fingerprint density at radius 1 is 1.56 bits per heavy atom. The molecule has 16 heavy (non-hydrogen) atoms. The SMILES string of the molecule is Cc1ccc(C2=N[C@H](C(=O)O)CS2)c(O)c1. The zero-order chi connectivity index (χ0) is 11.7. The van der Waals surface area contributed by atoms with Gasteiger partial charge in [0.25, 0.3) is 0 Å². The first-order valence-electron chi connectivity index (χ1n) is 4.81. The maximum atomic E-state index is 10.7. The van der Waals surface area contributed by atoms with Crippen molar-refractivity contribution in [3.63, 3.8) is 0 Å². The summed E-state index contributed by atoms with van der Waals surface area (Å²) in [7, 11) is 0. The maximum Gasteiger partial charge on any atom is 0.329 e. The topological polar surface area (TPSA) is 69.9 Å². The van der Waals surface area contributed by atoms with Crippen LogP contribution in [0.5, 0.6) is 5.75 Å². The van der Waals surface area contributed by atoms with Crippen LogP contribution < -0.4 is 0 Å². The third kappa shape index (κ3) is 2.04. The minimum atomic E-state index is -0.922. The van der Waals surface area contributed by atoms with Gasteiger partial charge in [-0.05, 0) is 24.6 Å². The lowest BCUT2D eigenvalue weighted by Gasteiger charge is -2.03. The summed E-state index contributed by atoms with van der Waals surface area (Å²) in [5.74, 6) is -0.343. The largest absolute Gasteiger partial charge is 0.507 e. The van der Waals surface area contributed by atoms with Crippen LogP contribution in [0.1, 0.15) is 11.1 Å². The fourth-order valence-electron chi connectivity index (χ4n) is 1.47. The molecular formula is C11H11NO3S. The van der Waals surface area contributed by atoms with Gasteiger partial charge in [-0.25, -0.2) is 4.79 Å². The van der Waals surface area contributed by atoms with Crippen LogP contribution in [-0.4, -0.2) is 33.0 Å². The van der Waals surface area contributed by atoms with Crippen LogP contribution >= 0.6 is 11.8 Å². The first-order valence-corrected chi connectivity index (χ1v) is 5.80. The minimum Gasteiger partial charge on any atom is -0.507 e. The molecule has 2 rings (SSSR count). The maximum absolute atomic E-state index is 10.7. The van der Waals surface area contributed by atoms with Gasteiger partial charge in [0, 0.05) is 11.3 Å². The second-order valence-electron chi connectivity index (χ2n) is 3.62. The van der Waals surface area contributed by atoms with Crippen molar-refractivity contribution in [2.24, 2.45) is 4.99 Å². The van der Waals surface area contributed by atoms with E-state index < -0.39 is 12.0 Å². The number of hydrogen-bond donors (Lipinski definition) is 2. The fourth-order valence-corrected chi connectivity index (χ4v) is 2.53. The monoisotopic (exact) mass is 237 g/mol. The molecule has 1 aliphatic heterocycles. The van der Waals surface area contributed by atoms with Crippen molar-refractivity contribution in [2.45, 2.75) is 13.0 Å². The number of hydrogen-bond acceptors (Lipinski definition) is 4. The molecule has 0 aromatic heterocycles. The number of aryl methyl sites for hydroxylation is 1. The Labute approximate surface area is 97.0 Å². The molecule has 0 unspecified atom stereocenters. The van der Waals surface area contributed by atoms with E-state index in [1.54, 1.807) is 12.1 Å². The van der Waals surface area contributed by atoms with Gasteiger partial charge in [-0.15, -0.1) is 11.8 Å². The van der Waals surface area contributed by atoms with Crippen molar-refractivity contribution in [1.82, 2.24) is 0 Å². The number of carboxylic acids is 1. The van der Waals surface area contributed by atoms with Crippen LogP contribution in [0.25, 0.3) is 0 Å². The minimum absolute atomic E-state index is 0.150. The Morgan fingerprint density at radius 2 is 2.31 bits per heavy atom. The number of thioether (sulfide) groups is 1. The summed E-state index contributed by atoms with van der Waals surface area (Å²) in [4.78, 5) is 14.8. The van der Waals surface area contributed by atoms with Crippen LogP contribution in [0.15, 0.2) is 23.2 Å².